The van der Waals surface area contributed by atoms with Crippen molar-refractivity contribution in [2.75, 3.05) is 11.9 Å². The van der Waals surface area contributed by atoms with E-state index >= 15 is 0 Å². The second-order valence-electron chi connectivity index (χ2n) is 4.71. The normalized spacial score (nSPS) is 12.2. The van der Waals surface area contributed by atoms with E-state index < -0.39 is 6.10 Å². The Kier molecular flexibility index (Phi) is 4.61. The molecular formula is C16H18BrNO. The summed E-state index contributed by atoms with van der Waals surface area (Å²) in [7, 11) is 2.07. The third kappa shape index (κ3) is 3.58. The molecule has 2 nitrogen and oxygen atoms in total. The Morgan fingerprint density at radius 2 is 1.74 bits per heavy atom. The summed E-state index contributed by atoms with van der Waals surface area (Å²) < 4.78 is 1.13. The lowest BCUT2D eigenvalue weighted by Gasteiger charge is -2.20. The van der Waals surface area contributed by atoms with E-state index in [1.165, 1.54) is 5.56 Å². The first-order valence-electron chi connectivity index (χ1n) is 6.30. The summed E-state index contributed by atoms with van der Waals surface area (Å²) in [6.45, 7) is 2.62. The number of aliphatic hydroxyl groups is 1. The van der Waals surface area contributed by atoms with Crippen molar-refractivity contribution >= 4 is 21.6 Å². The first-order valence-corrected chi connectivity index (χ1v) is 7.10. The summed E-state index contributed by atoms with van der Waals surface area (Å²) >= 11 is 3.57. The Labute approximate surface area is 122 Å². The van der Waals surface area contributed by atoms with Crippen LogP contribution in [0.1, 0.15) is 24.2 Å². The predicted molar refractivity (Wildman–Crippen MR) is 83.3 cm³/mol. The first kappa shape index (κ1) is 14.1. The minimum atomic E-state index is -0.414. The number of anilines is 1. The van der Waals surface area contributed by atoms with Gasteiger partial charge in [-0.2, -0.15) is 0 Å². The number of halogens is 1. The van der Waals surface area contributed by atoms with E-state index in [2.05, 4.69) is 40.0 Å². The van der Waals surface area contributed by atoms with E-state index in [4.69, 9.17) is 0 Å². The summed E-state index contributed by atoms with van der Waals surface area (Å²) in [5.74, 6) is 0. The van der Waals surface area contributed by atoms with Crippen molar-refractivity contribution in [2.24, 2.45) is 0 Å². The zero-order valence-corrected chi connectivity index (χ0v) is 12.8. The highest BCUT2D eigenvalue weighted by molar-refractivity contribution is 9.10. The van der Waals surface area contributed by atoms with Gasteiger partial charge in [0.25, 0.3) is 0 Å². The van der Waals surface area contributed by atoms with Gasteiger partial charge in [0.15, 0.2) is 0 Å². The minimum absolute atomic E-state index is 0.414. The fourth-order valence-corrected chi connectivity index (χ4v) is 2.39. The molecule has 0 aliphatic rings. The Bertz CT molecular complexity index is 537. The predicted octanol–water partition coefficient (Wildman–Crippen LogP) is 4.14. The number of hydrogen-bond acceptors (Lipinski definition) is 2. The molecule has 2 rings (SSSR count). The lowest BCUT2D eigenvalue weighted by Crippen LogP contribution is -2.16. The molecule has 0 amide bonds. The molecule has 0 aliphatic heterocycles. The van der Waals surface area contributed by atoms with Crippen molar-refractivity contribution < 1.29 is 5.11 Å². The number of benzene rings is 2. The molecular weight excluding hydrogens is 302 g/mol. The van der Waals surface area contributed by atoms with Crippen LogP contribution in [0.5, 0.6) is 0 Å². The molecule has 2 aromatic rings. The topological polar surface area (TPSA) is 23.5 Å². The quantitative estimate of drug-likeness (QED) is 0.915. The average Bonchev–Trinajstić information content (AvgIpc) is 2.41. The maximum atomic E-state index is 9.50. The van der Waals surface area contributed by atoms with Gasteiger partial charge < -0.3 is 10.0 Å². The largest absolute Gasteiger partial charge is 0.389 e. The maximum Gasteiger partial charge on any atom is 0.0761 e. The second-order valence-corrected chi connectivity index (χ2v) is 5.57. The molecule has 0 saturated heterocycles. The van der Waals surface area contributed by atoms with Crippen LogP contribution < -0.4 is 4.90 Å². The second kappa shape index (κ2) is 6.22. The van der Waals surface area contributed by atoms with Gasteiger partial charge in [-0.15, -0.1) is 0 Å². The van der Waals surface area contributed by atoms with Gasteiger partial charge in [0.1, 0.15) is 0 Å². The van der Waals surface area contributed by atoms with Crippen molar-refractivity contribution in [1.82, 2.24) is 0 Å². The highest BCUT2D eigenvalue weighted by atomic mass is 79.9. The molecule has 19 heavy (non-hydrogen) atoms. The smallest absolute Gasteiger partial charge is 0.0761 e. The van der Waals surface area contributed by atoms with E-state index in [9.17, 15) is 5.11 Å². The molecule has 1 atom stereocenters. The van der Waals surface area contributed by atoms with Crippen LogP contribution in [0, 0.1) is 0 Å². The van der Waals surface area contributed by atoms with Crippen molar-refractivity contribution in [3.8, 4) is 0 Å². The Balaban J connectivity index is 2.12. The third-order valence-electron chi connectivity index (χ3n) is 3.18. The van der Waals surface area contributed by atoms with Crippen LogP contribution in [0.4, 0.5) is 5.69 Å². The fourth-order valence-electron chi connectivity index (χ4n) is 1.98. The van der Waals surface area contributed by atoms with Gasteiger partial charge in [0.2, 0.25) is 0 Å². The van der Waals surface area contributed by atoms with Crippen molar-refractivity contribution in [1.29, 1.82) is 0 Å². The van der Waals surface area contributed by atoms with Crippen molar-refractivity contribution in [2.45, 2.75) is 19.6 Å². The van der Waals surface area contributed by atoms with Crippen LogP contribution in [0.15, 0.2) is 53.0 Å². The number of rotatable bonds is 4. The summed E-state index contributed by atoms with van der Waals surface area (Å²) in [5.41, 5.74) is 3.34. The summed E-state index contributed by atoms with van der Waals surface area (Å²) in [4.78, 5) is 2.19. The van der Waals surface area contributed by atoms with Gasteiger partial charge in [-0.1, -0.05) is 46.3 Å². The first-order chi connectivity index (χ1) is 9.08. The highest BCUT2D eigenvalue weighted by Gasteiger charge is 2.06. The SMILES string of the molecule is C[C@@H](O)c1ccc(N(C)Cc2ccccc2Br)cc1. The Morgan fingerprint density at radius 3 is 2.32 bits per heavy atom. The molecule has 0 aliphatic carbocycles. The van der Waals surface area contributed by atoms with Gasteiger partial charge >= 0.3 is 0 Å². The van der Waals surface area contributed by atoms with Gasteiger partial charge in [0.05, 0.1) is 6.10 Å². The van der Waals surface area contributed by atoms with Gasteiger partial charge in [-0.3, -0.25) is 0 Å². The summed E-state index contributed by atoms with van der Waals surface area (Å²) in [6, 6.07) is 16.3. The van der Waals surface area contributed by atoms with Crippen LogP contribution in [-0.2, 0) is 6.54 Å². The van der Waals surface area contributed by atoms with Crippen LogP contribution >= 0.6 is 15.9 Å². The molecule has 0 bridgehead atoms. The van der Waals surface area contributed by atoms with Crippen LogP contribution in [0.25, 0.3) is 0 Å². The lowest BCUT2D eigenvalue weighted by atomic mass is 10.1. The van der Waals surface area contributed by atoms with E-state index in [1.54, 1.807) is 6.92 Å². The van der Waals surface area contributed by atoms with Gasteiger partial charge in [0, 0.05) is 23.8 Å². The monoisotopic (exact) mass is 319 g/mol. The fraction of sp³-hybridized carbons (Fsp3) is 0.250. The summed E-state index contributed by atoms with van der Waals surface area (Å²) in [6.07, 6.45) is -0.414. The summed E-state index contributed by atoms with van der Waals surface area (Å²) in [5, 5.41) is 9.50. The molecule has 100 valence electrons. The van der Waals surface area contributed by atoms with Crippen molar-refractivity contribution in [3.05, 3.63) is 64.1 Å². The maximum absolute atomic E-state index is 9.50. The van der Waals surface area contributed by atoms with Crippen LogP contribution in [-0.4, -0.2) is 12.2 Å². The van der Waals surface area contributed by atoms with E-state index in [1.807, 2.05) is 36.4 Å². The van der Waals surface area contributed by atoms with E-state index in [0.717, 1.165) is 22.3 Å². The highest BCUT2D eigenvalue weighted by Crippen LogP contribution is 2.22. The minimum Gasteiger partial charge on any atom is -0.389 e. The van der Waals surface area contributed by atoms with Crippen molar-refractivity contribution in [3.63, 3.8) is 0 Å². The Hall–Kier alpha value is -1.32. The average molecular weight is 320 g/mol. The standard InChI is InChI=1S/C16H18BrNO/c1-12(19)13-7-9-15(10-8-13)18(2)11-14-5-3-4-6-16(14)17/h3-10,12,19H,11H2,1-2H3/t12-/m1/s1. The zero-order valence-electron chi connectivity index (χ0n) is 11.2. The molecule has 2 aromatic carbocycles. The zero-order chi connectivity index (χ0) is 13.8. The number of hydrogen-bond donors (Lipinski definition) is 1. The number of aliphatic hydroxyl groups excluding tert-OH is 1. The Morgan fingerprint density at radius 1 is 1.11 bits per heavy atom. The molecule has 0 fully saturated rings. The number of nitrogens with zero attached hydrogens (tertiary/aromatic N) is 1. The van der Waals surface area contributed by atoms with Crippen LogP contribution in [0.2, 0.25) is 0 Å². The third-order valence-corrected chi connectivity index (χ3v) is 3.96. The molecule has 1 N–H and O–H groups in total. The molecule has 0 saturated carbocycles. The molecule has 0 heterocycles. The van der Waals surface area contributed by atoms with Gasteiger partial charge in [-0.25, -0.2) is 0 Å². The lowest BCUT2D eigenvalue weighted by molar-refractivity contribution is 0.199. The molecule has 0 aromatic heterocycles. The molecule has 0 spiro atoms. The molecule has 0 unspecified atom stereocenters. The van der Waals surface area contributed by atoms with E-state index in [-0.39, 0.29) is 0 Å². The van der Waals surface area contributed by atoms with Crippen LogP contribution in [0.3, 0.4) is 0 Å². The van der Waals surface area contributed by atoms with E-state index in [0.29, 0.717) is 0 Å². The van der Waals surface area contributed by atoms with Gasteiger partial charge in [-0.05, 0) is 36.2 Å². The molecule has 3 heteroatoms. The molecule has 0 radical (unpaired) electrons.